The number of hydrogen-bond donors (Lipinski definition) is 1. The van der Waals surface area contributed by atoms with Gasteiger partial charge in [-0.3, -0.25) is 14.6 Å². The minimum absolute atomic E-state index is 0.173. The van der Waals surface area contributed by atoms with E-state index in [1.54, 1.807) is 4.90 Å². The van der Waals surface area contributed by atoms with Gasteiger partial charge < -0.3 is 15.4 Å². The van der Waals surface area contributed by atoms with Crippen LogP contribution in [0.2, 0.25) is 0 Å². The van der Waals surface area contributed by atoms with Crippen LogP contribution in [-0.2, 0) is 14.3 Å². The number of carbonyl (C=O) groups is 3. The topological polar surface area (TPSA) is 103 Å². The predicted molar refractivity (Wildman–Crippen MR) is 73.0 cm³/mol. The summed E-state index contributed by atoms with van der Waals surface area (Å²) in [7, 11) is 0. The second-order valence-electron chi connectivity index (χ2n) is 4.87. The van der Waals surface area contributed by atoms with Gasteiger partial charge in [-0.05, 0) is 25.0 Å². The van der Waals surface area contributed by atoms with E-state index in [0.717, 1.165) is 0 Å². The molecular weight excluding hydrogens is 274 g/mol. The summed E-state index contributed by atoms with van der Waals surface area (Å²) in [4.78, 5) is 40.0. The van der Waals surface area contributed by atoms with Crippen molar-refractivity contribution < 1.29 is 19.1 Å². The highest BCUT2D eigenvalue weighted by Crippen LogP contribution is 2.16. The smallest absolute Gasteiger partial charge is 0.338 e. The van der Waals surface area contributed by atoms with Gasteiger partial charge in [0.1, 0.15) is 0 Å². The zero-order valence-electron chi connectivity index (χ0n) is 11.5. The van der Waals surface area contributed by atoms with Gasteiger partial charge in [-0.25, -0.2) is 4.79 Å². The molecule has 1 aliphatic heterocycles. The number of piperidine rings is 1. The van der Waals surface area contributed by atoms with Crippen molar-refractivity contribution in [2.45, 2.75) is 12.8 Å². The van der Waals surface area contributed by atoms with Crippen molar-refractivity contribution in [3.05, 3.63) is 30.1 Å². The number of hydrogen-bond acceptors (Lipinski definition) is 5. The summed E-state index contributed by atoms with van der Waals surface area (Å²) in [5, 5.41) is 0. The lowest BCUT2D eigenvalue weighted by atomic mass is 9.96. The Morgan fingerprint density at radius 2 is 1.86 bits per heavy atom. The standard InChI is InChI=1S/C14H17N3O4/c15-13(19)10-3-7-17(8-4-10)12(18)9-21-14(20)11-1-5-16-6-2-11/h1-2,5-6,10H,3-4,7-9H2,(H2,15,19). The van der Waals surface area contributed by atoms with E-state index in [1.165, 1.54) is 24.5 Å². The van der Waals surface area contributed by atoms with Crippen molar-refractivity contribution in [2.24, 2.45) is 11.7 Å². The Morgan fingerprint density at radius 1 is 1.24 bits per heavy atom. The van der Waals surface area contributed by atoms with Crippen LogP contribution in [0.3, 0.4) is 0 Å². The van der Waals surface area contributed by atoms with Crippen molar-refractivity contribution in [2.75, 3.05) is 19.7 Å². The van der Waals surface area contributed by atoms with Crippen molar-refractivity contribution in [1.29, 1.82) is 0 Å². The Balaban J connectivity index is 1.78. The van der Waals surface area contributed by atoms with Crippen LogP contribution in [0.4, 0.5) is 0 Å². The van der Waals surface area contributed by atoms with E-state index < -0.39 is 5.97 Å². The van der Waals surface area contributed by atoms with Gasteiger partial charge in [0.15, 0.2) is 6.61 Å². The van der Waals surface area contributed by atoms with Crippen LogP contribution in [0.5, 0.6) is 0 Å². The molecule has 2 N–H and O–H groups in total. The first-order valence-electron chi connectivity index (χ1n) is 6.72. The van der Waals surface area contributed by atoms with Crippen LogP contribution in [0.25, 0.3) is 0 Å². The molecule has 1 aromatic rings. The van der Waals surface area contributed by atoms with Gasteiger partial charge in [0, 0.05) is 31.4 Å². The van der Waals surface area contributed by atoms with Gasteiger partial charge in [-0.1, -0.05) is 0 Å². The maximum absolute atomic E-state index is 11.9. The molecule has 21 heavy (non-hydrogen) atoms. The van der Waals surface area contributed by atoms with Gasteiger partial charge in [-0.2, -0.15) is 0 Å². The van der Waals surface area contributed by atoms with Crippen molar-refractivity contribution in [3.63, 3.8) is 0 Å². The molecular formula is C14H17N3O4. The van der Waals surface area contributed by atoms with E-state index in [9.17, 15) is 14.4 Å². The molecule has 0 spiro atoms. The molecule has 0 aliphatic carbocycles. The second-order valence-corrected chi connectivity index (χ2v) is 4.87. The maximum atomic E-state index is 11.9. The van der Waals surface area contributed by atoms with E-state index in [-0.39, 0.29) is 24.3 Å². The molecule has 2 rings (SSSR count). The third-order valence-corrected chi connectivity index (χ3v) is 3.49. The van der Waals surface area contributed by atoms with Crippen molar-refractivity contribution in [3.8, 4) is 0 Å². The number of likely N-dealkylation sites (tertiary alicyclic amines) is 1. The number of primary amides is 1. The van der Waals surface area contributed by atoms with Crippen molar-refractivity contribution >= 4 is 17.8 Å². The monoisotopic (exact) mass is 291 g/mol. The highest BCUT2D eigenvalue weighted by molar-refractivity contribution is 5.91. The first kappa shape index (κ1) is 15.0. The van der Waals surface area contributed by atoms with E-state index in [2.05, 4.69) is 4.98 Å². The lowest BCUT2D eigenvalue weighted by molar-refractivity contribution is -0.137. The van der Waals surface area contributed by atoms with E-state index >= 15 is 0 Å². The average Bonchev–Trinajstić information content (AvgIpc) is 2.53. The quantitative estimate of drug-likeness (QED) is 0.784. The summed E-state index contributed by atoms with van der Waals surface area (Å²) >= 11 is 0. The van der Waals surface area contributed by atoms with E-state index in [0.29, 0.717) is 31.5 Å². The molecule has 7 heteroatoms. The molecule has 0 radical (unpaired) electrons. The van der Waals surface area contributed by atoms with Crippen LogP contribution in [0.15, 0.2) is 24.5 Å². The molecule has 1 aliphatic rings. The summed E-state index contributed by atoms with van der Waals surface area (Å²) in [5.41, 5.74) is 5.59. The molecule has 1 aromatic heterocycles. The highest BCUT2D eigenvalue weighted by atomic mass is 16.5. The van der Waals surface area contributed by atoms with Crippen molar-refractivity contribution in [1.82, 2.24) is 9.88 Å². The fourth-order valence-corrected chi connectivity index (χ4v) is 2.20. The maximum Gasteiger partial charge on any atom is 0.338 e. The third kappa shape index (κ3) is 4.01. The van der Waals surface area contributed by atoms with Crippen LogP contribution in [-0.4, -0.2) is 47.4 Å². The number of nitrogens with zero attached hydrogens (tertiary/aromatic N) is 2. The molecule has 0 atom stereocenters. The summed E-state index contributed by atoms with van der Waals surface area (Å²) in [5.74, 6) is -1.32. The van der Waals surface area contributed by atoms with Gasteiger partial charge >= 0.3 is 5.97 Å². The number of pyridine rings is 1. The van der Waals surface area contributed by atoms with Crippen LogP contribution in [0, 0.1) is 5.92 Å². The lowest BCUT2D eigenvalue weighted by Gasteiger charge is -2.30. The largest absolute Gasteiger partial charge is 0.452 e. The Kier molecular flexibility index (Phi) is 4.86. The Hall–Kier alpha value is -2.44. The second kappa shape index (κ2) is 6.83. The summed E-state index contributed by atoms with van der Waals surface area (Å²) in [6, 6.07) is 3.04. The fourth-order valence-electron chi connectivity index (χ4n) is 2.20. The lowest BCUT2D eigenvalue weighted by Crippen LogP contribution is -2.43. The number of carbonyl (C=O) groups excluding carboxylic acids is 3. The number of aromatic nitrogens is 1. The highest BCUT2D eigenvalue weighted by Gasteiger charge is 2.26. The summed E-state index contributed by atoms with van der Waals surface area (Å²) in [6.45, 7) is 0.612. The number of esters is 1. The van der Waals surface area contributed by atoms with E-state index in [1.807, 2.05) is 0 Å². The molecule has 112 valence electrons. The molecule has 0 saturated carbocycles. The molecule has 0 unspecified atom stereocenters. The van der Waals surface area contributed by atoms with Gasteiger partial charge in [0.25, 0.3) is 5.91 Å². The zero-order chi connectivity index (χ0) is 15.2. The molecule has 2 heterocycles. The average molecular weight is 291 g/mol. The molecule has 1 fully saturated rings. The molecule has 0 bridgehead atoms. The van der Waals surface area contributed by atoms with Crippen LogP contribution < -0.4 is 5.73 Å². The minimum atomic E-state index is -0.558. The first-order valence-corrected chi connectivity index (χ1v) is 6.72. The Bertz CT molecular complexity index is 524. The third-order valence-electron chi connectivity index (χ3n) is 3.49. The molecule has 2 amide bonds. The first-order chi connectivity index (χ1) is 10.1. The molecule has 1 saturated heterocycles. The molecule has 0 aromatic carbocycles. The van der Waals surface area contributed by atoms with Gasteiger partial charge in [0.2, 0.25) is 5.91 Å². The Morgan fingerprint density at radius 3 is 2.43 bits per heavy atom. The number of ether oxygens (including phenoxy) is 1. The van der Waals surface area contributed by atoms with Crippen LogP contribution in [0.1, 0.15) is 23.2 Å². The number of nitrogens with two attached hydrogens (primary N) is 1. The molecule has 7 nitrogen and oxygen atoms in total. The minimum Gasteiger partial charge on any atom is -0.452 e. The number of rotatable bonds is 4. The number of amides is 2. The Labute approximate surface area is 122 Å². The SMILES string of the molecule is NC(=O)C1CCN(C(=O)COC(=O)c2ccncc2)CC1. The zero-order valence-corrected chi connectivity index (χ0v) is 11.5. The van der Waals surface area contributed by atoms with E-state index in [4.69, 9.17) is 10.5 Å². The van der Waals surface area contributed by atoms with Gasteiger partial charge in [0.05, 0.1) is 5.56 Å². The van der Waals surface area contributed by atoms with Crippen LogP contribution >= 0.6 is 0 Å². The summed E-state index contributed by atoms with van der Waals surface area (Å²) < 4.78 is 4.97. The summed E-state index contributed by atoms with van der Waals surface area (Å²) in [6.07, 6.45) is 4.07. The normalized spacial score (nSPS) is 15.5. The fraction of sp³-hybridized carbons (Fsp3) is 0.429. The predicted octanol–water partition coefficient (Wildman–Crippen LogP) is -0.0377. The van der Waals surface area contributed by atoms with Gasteiger partial charge in [-0.15, -0.1) is 0 Å².